The molecule has 0 fully saturated rings. The molecule has 2 heterocycles. The van der Waals surface area contributed by atoms with Crippen LogP contribution >= 0.6 is 0 Å². The van der Waals surface area contributed by atoms with Gasteiger partial charge in [-0.1, -0.05) is 13.8 Å². The SMILES string of the molecule is CC(C)CNc1nccn1-c1cn[nH]c1. The molecule has 0 bridgehead atoms. The van der Waals surface area contributed by atoms with Crippen LogP contribution in [0.3, 0.4) is 0 Å². The second kappa shape index (κ2) is 4.16. The summed E-state index contributed by atoms with van der Waals surface area (Å²) in [5.74, 6) is 1.45. The summed E-state index contributed by atoms with van der Waals surface area (Å²) >= 11 is 0. The Morgan fingerprint density at radius 1 is 1.53 bits per heavy atom. The third kappa shape index (κ3) is 2.18. The van der Waals surface area contributed by atoms with Gasteiger partial charge in [-0.3, -0.25) is 9.67 Å². The number of aromatic amines is 1. The fourth-order valence-corrected chi connectivity index (χ4v) is 1.31. The zero-order chi connectivity index (χ0) is 10.7. The molecule has 0 saturated carbocycles. The summed E-state index contributed by atoms with van der Waals surface area (Å²) in [4.78, 5) is 4.25. The van der Waals surface area contributed by atoms with Crippen LogP contribution in [0, 0.1) is 5.92 Å². The van der Waals surface area contributed by atoms with Crippen molar-refractivity contribution in [2.75, 3.05) is 11.9 Å². The van der Waals surface area contributed by atoms with Crippen LogP contribution < -0.4 is 5.32 Å². The number of anilines is 1. The summed E-state index contributed by atoms with van der Waals surface area (Å²) in [6.07, 6.45) is 7.29. The maximum absolute atomic E-state index is 4.25. The summed E-state index contributed by atoms with van der Waals surface area (Å²) in [7, 11) is 0. The van der Waals surface area contributed by atoms with E-state index in [1.165, 1.54) is 0 Å². The van der Waals surface area contributed by atoms with Gasteiger partial charge < -0.3 is 5.32 Å². The molecular weight excluding hydrogens is 190 g/mol. The molecule has 0 aliphatic rings. The molecule has 0 saturated heterocycles. The first kappa shape index (κ1) is 9.76. The number of aromatic nitrogens is 4. The molecule has 2 N–H and O–H groups in total. The van der Waals surface area contributed by atoms with Crippen LogP contribution in [0.5, 0.6) is 0 Å². The van der Waals surface area contributed by atoms with Crippen LogP contribution in [0.1, 0.15) is 13.8 Å². The largest absolute Gasteiger partial charge is 0.355 e. The van der Waals surface area contributed by atoms with Gasteiger partial charge in [0.1, 0.15) is 0 Å². The van der Waals surface area contributed by atoms with Gasteiger partial charge in [-0.15, -0.1) is 0 Å². The Balaban J connectivity index is 2.16. The summed E-state index contributed by atoms with van der Waals surface area (Å²) in [6, 6.07) is 0. The van der Waals surface area contributed by atoms with Gasteiger partial charge in [-0.05, 0) is 5.92 Å². The fraction of sp³-hybridized carbons (Fsp3) is 0.400. The lowest BCUT2D eigenvalue weighted by atomic mass is 10.2. The molecule has 0 spiro atoms. The van der Waals surface area contributed by atoms with E-state index >= 15 is 0 Å². The molecule has 80 valence electrons. The van der Waals surface area contributed by atoms with Crippen LogP contribution in [0.4, 0.5) is 5.95 Å². The molecule has 0 radical (unpaired) electrons. The quantitative estimate of drug-likeness (QED) is 0.798. The number of rotatable bonds is 4. The summed E-state index contributed by atoms with van der Waals surface area (Å²) in [5.41, 5.74) is 0.985. The van der Waals surface area contributed by atoms with E-state index in [4.69, 9.17) is 0 Å². The third-order valence-corrected chi connectivity index (χ3v) is 2.07. The Labute approximate surface area is 88.5 Å². The Morgan fingerprint density at radius 2 is 2.40 bits per heavy atom. The predicted molar refractivity (Wildman–Crippen MR) is 59.0 cm³/mol. The number of hydrogen-bond acceptors (Lipinski definition) is 3. The number of nitrogens with one attached hydrogen (secondary N) is 2. The summed E-state index contributed by atoms with van der Waals surface area (Å²) < 4.78 is 1.96. The van der Waals surface area contributed by atoms with Gasteiger partial charge in [0, 0.05) is 25.1 Å². The summed E-state index contributed by atoms with van der Waals surface area (Å²) in [5, 5.41) is 9.99. The standard InChI is InChI=1S/C10H15N5/c1-8(2)5-12-10-11-3-4-15(10)9-6-13-14-7-9/h3-4,6-8H,5H2,1-2H3,(H,11,12)(H,13,14). The topological polar surface area (TPSA) is 58.5 Å². The lowest BCUT2D eigenvalue weighted by Gasteiger charge is -2.09. The minimum absolute atomic E-state index is 0.597. The van der Waals surface area contributed by atoms with Crippen LogP contribution in [-0.2, 0) is 0 Å². The van der Waals surface area contributed by atoms with E-state index in [1.54, 1.807) is 12.4 Å². The predicted octanol–water partition coefficient (Wildman–Crippen LogP) is 1.66. The monoisotopic (exact) mass is 205 g/mol. The molecule has 0 aliphatic carbocycles. The maximum atomic E-state index is 4.25. The Hall–Kier alpha value is -1.78. The second-order valence-corrected chi connectivity index (χ2v) is 3.85. The minimum atomic E-state index is 0.597. The van der Waals surface area contributed by atoms with E-state index < -0.39 is 0 Å². The van der Waals surface area contributed by atoms with Gasteiger partial charge in [-0.25, -0.2) is 4.98 Å². The average Bonchev–Trinajstić information content (AvgIpc) is 2.85. The molecule has 0 amide bonds. The lowest BCUT2D eigenvalue weighted by Crippen LogP contribution is -2.11. The highest BCUT2D eigenvalue weighted by molar-refractivity contribution is 5.38. The van der Waals surface area contributed by atoms with Crippen LogP contribution in [0.2, 0.25) is 0 Å². The maximum Gasteiger partial charge on any atom is 0.207 e. The number of H-pyrrole nitrogens is 1. The third-order valence-electron chi connectivity index (χ3n) is 2.07. The smallest absolute Gasteiger partial charge is 0.207 e. The molecule has 2 rings (SSSR count). The Morgan fingerprint density at radius 3 is 3.07 bits per heavy atom. The van der Waals surface area contributed by atoms with Crippen molar-refractivity contribution in [2.24, 2.45) is 5.92 Å². The number of imidazole rings is 1. The van der Waals surface area contributed by atoms with Crippen molar-refractivity contribution < 1.29 is 0 Å². The minimum Gasteiger partial charge on any atom is -0.355 e. The molecule has 0 aliphatic heterocycles. The van der Waals surface area contributed by atoms with E-state index in [9.17, 15) is 0 Å². The van der Waals surface area contributed by atoms with Crippen molar-refractivity contribution in [3.8, 4) is 5.69 Å². The van der Waals surface area contributed by atoms with Crippen molar-refractivity contribution in [3.63, 3.8) is 0 Å². The van der Waals surface area contributed by atoms with E-state index in [1.807, 2.05) is 17.0 Å². The second-order valence-electron chi connectivity index (χ2n) is 3.85. The van der Waals surface area contributed by atoms with E-state index in [0.29, 0.717) is 5.92 Å². The van der Waals surface area contributed by atoms with Crippen molar-refractivity contribution in [2.45, 2.75) is 13.8 Å². The molecule has 2 aromatic heterocycles. The van der Waals surface area contributed by atoms with Gasteiger partial charge in [-0.2, -0.15) is 5.10 Å². The fourth-order valence-electron chi connectivity index (χ4n) is 1.31. The molecule has 0 aromatic carbocycles. The Bertz CT molecular complexity index is 401. The van der Waals surface area contributed by atoms with Crippen molar-refractivity contribution in [1.82, 2.24) is 19.7 Å². The highest BCUT2D eigenvalue weighted by Gasteiger charge is 2.05. The molecule has 2 aromatic rings. The number of nitrogens with zero attached hydrogens (tertiary/aromatic N) is 3. The first-order chi connectivity index (χ1) is 7.27. The van der Waals surface area contributed by atoms with E-state index in [-0.39, 0.29) is 0 Å². The number of hydrogen-bond donors (Lipinski definition) is 2. The lowest BCUT2D eigenvalue weighted by molar-refractivity contribution is 0.683. The van der Waals surface area contributed by atoms with Gasteiger partial charge in [0.05, 0.1) is 11.9 Å². The first-order valence-corrected chi connectivity index (χ1v) is 5.03. The van der Waals surface area contributed by atoms with Gasteiger partial charge in [0.2, 0.25) is 5.95 Å². The van der Waals surface area contributed by atoms with Crippen molar-refractivity contribution >= 4 is 5.95 Å². The zero-order valence-corrected chi connectivity index (χ0v) is 8.94. The molecule has 5 heteroatoms. The molecule has 15 heavy (non-hydrogen) atoms. The van der Waals surface area contributed by atoms with Crippen molar-refractivity contribution in [3.05, 3.63) is 24.8 Å². The van der Waals surface area contributed by atoms with Crippen molar-refractivity contribution in [1.29, 1.82) is 0 Å². The van der Waals surface area contributed by atoms with E-state index in [2.05, 4.69) is 34.3 Å². The normalized spacial score (nSPS) is 10.9. The average molecular weight is 205 g/mol. The molecule has 5 nitrogen and oxygen atoms in total. The molecule has 0 unspecified atom stereocenters. The highest BCUT2D eigenvalue weighted by atomic mass is 15.2. The van der Waals surface area contributed by atoms with Gasteiger partial charge >= 0.3 is 0 Å². The highest BCUT2D eigenvalue weighted by Crippen LogP contribution is 2.12. The molecule has 0 atom stereocenters. The van der Waals surface area contributed by atoms with Crippen LogP contribution in [0.15, 0.2) is 24.8 Å². The zero-order valence-electron chi connectivity index (χ0n) is 8.94. The summed E-state index contributed by atoms with van der Waals surface area (Å²) in [6.45, 7) is 5.24. The van der Waals surface area contributed by atoms with Gasteiger partial charge in [0.15, 0.2) is 0 Å². The molecular formula is C10H15N5. The van der Waals surface area contributed by atoms with Gasteiger partial charge in [0.25, 0.3) is 0 Å². The van der Waals surface area contributed by atoms with E-state index in [0.717, 1.165) is 18.2 Å². The first-order valence-electron chi connectivity index (χ1n) is 5.03. The Kier molecular flexibility index (Phi) is 2.71. The van der Waals surface area contributed by atoms with Crippen LogP contribution in [0.25, 0.3) is 5.69 Å². The van der Waals surface area contributed by atoms with Crippen LogP contribution in [-0.4, -0.2) is 26.3 Å².